The van der Waals surface area contributed by atoms with Crippen molar-refractivity contribution >= 4 is 5.97 Å². The number of ether oxygens (including phenoxy) is 1. The van der Waals surface area contributed by atoms with E-state index in [0.29, 0.717) is 5.92 Å². The van der Waals surface area contributed by atoms with Gasteiger partial charge in [-0.25, -0.2) is 0 Å². The minimum Gasteiger partial charge on any atom is -0.469 e. The van der Waals surface area contributed by atoms with Gasteiger partial charge < -0.3 is 10.1 Å². The molecule has 3 heteroatoms. The van der Waals surface area contributed by atoms with E-state index in [4.69, 9.17) is 4.74 Å². The third kappa shape index (κ3) is 2.47. The van der Waals surface area contributed by atoms with Crippen LogP contribution in [0.3, 0.4) is 0 Å². The highest BCUT2D eigenvalue weighted by molar-refractivity contribution is 5.76. The molecule has 1 aliphatic rings. The van der Waals surface area contributed by atoms with Crippen LogP contribution in [0.25, 0.3) is 0 Å². The normalized spacial score (nSPS) is 20.9. The third-order valence-corrected chi connectivity index (χ3v) is 2.98. The van der Waals surface area contributed by atoms with Gasteiger partial charge in [-0.3, -0.25) is 4.79 Å². The molecule has 82 valence electrons. The summed E-state index contributed by atoms with van der Waals surface area (Å²) in [4.78, 5) is 11.8. The number of nitrogens with one attached hydrogen (secondary N) is 1. The van der Waals surface area contributed by atoms with Crippen LogP contribution >= 0.6 is 0 Å². The summed E-state index contributed by atoms with van der Waals surface area (Å²) >= 11 is 0. The molecule has 1 aliphatic heterocycles. The van der Waals surface area contributed by atoms with Gasteiger partial charge in [-0.15, -0.1) is 0 Å². The van der Waals surface area contributed by atoms with Gasteiger partial charge in [0.05, 0.1) is 12.5 Å². The lowest BCUT2D eigenvalue weighted by Crippen LogP contribution is -2.43. The first-order valence-corrected chi connectivity index (χ1v) is 5.40. The number of rotatable bonds is 3. The maximum atomic E-state index is 11.8. The van der Waals surface area contributed by atoms with Crippen molar-refractivity contribution in [3.05, 3.63) is 0 Å². The van der Waals surface area contributed by atoms with Crippen molar-refractivity contribution in [2.45, 2.75) is 33.1 Å². The molecule has 0 bridgehead atoms. The Morgan fingerprint density at radius 3 is 2.43 bits per heavy atom. The lowest BCUT2D eigenvalue weighted by molar-refractivity contribution is -0.155. The van der Waals surface area contributed by atoms with E-state index in [9.17, 15) is 4.79 Å². The molecule has 1 saturated heterocycles. The van der Waals surface area contributed by atoms with Gasteiger partial charge >= 0.3 is 5.97 Å². The van der Waals surface area contributed by atoms with Crippen LogP contribution in [-0.2, 0) is 9.53 Å². The molecule has 0 amide bonds. The molecule has 0 unspecified atom stereocenters. The van der Waals surface area contributed by atoms with Crippen LogP contribution in [0.1, 0.15) is 33.1 Å². The largest absolute Gasteiger partial charge is 0.469 e. The number of hydrogen-bond acceptors (Lipinski definition) is 3. The van der Waals surface area contributed by atoms with Crippen molar-refractivity contribution < 1.29 is 9.53 Å². The average molecular weight is 199 g/mol. The number of hydrogen-bond donors (Lipinski definition) is 1. The molecule has 0 radical (unpaired) electrons. The van der Waals surface area contributed by atoms with Crippen LogP contribution in [-0.4, -0.2) is 26.2 Å². The van der Waals surface area contributed by atoms with Gasteiger partial charge in [-0.05, 0) is 38.3 Å². The summed E-state index contributed by atoms with van der Waals surface area (Å²) in [6.07, 6.45) is 2.77. The quantitative estimate of drug-likeness (QED) is 0.701. The molecule has 0 aliphatic carbocycles. The second-order valence-electron chi connectivity index (χ2n) is 4.62. The SMILES string of the molecule is COC(=O)C1(CC(C)C)CCNCC1. The summed E-state index contributed by atoms with van der Waals surface area (Å²) < 4.78 is 4.93. The van der Waals surface area contributed by atoms with Gasteiger partial charge in [0.1, 0.15) is 0 Å². The second-order valence-corrected chi connectivity index (χ2v) is 4.62. The standard InChI is InChI=1S/C11H21NO2/c1-9(2)8-11(10(13)14-3)4-6-12-7-5-11/h9,12H,4-8H2,1-3H3. The zero-order valence-corrected chi connectivity index (χ0v) is 9.43. The van der Waals surface area contributed by atoms with Gasteiger partial charge in [0.25, 0.3) is 0 Å². The van der Waals surface area contributed by atoms with Crippen molar-refractivity contribution in [3.8, 4) is 0 Å². The molecule has 3 nitrogen and oxygen atoms in total. The molecule has 0 aromatic carbocycles. The van der Waals surface area contributed by atoms with Crippen molar-refractivity contribution in [2.75, 3.05) is 20.2 Å². The van der Waals surface area contributed by atoms with E-state index in [2.05, 4.69) is 19.2 Å². The van der Waals surface area contributed by atoms with Crippen LogP contribution in [0.5, 0.6) is 0 Å². The van der Waals surface area contributed by atoms with Crippen molar-refractivity contribution in [1.29, 1.82) is 0 Å². The Morgan fingerprint density at radius 2 is 2.00 bits per heavy atom. The maximum absolute atomic E-state index is 11.8. The number of carbonyl (C=O) groups is 1. The van der Waals surface area contributed by atoms with E-state index in [1.54, 1.807) is 0 Å². The number of methoxy groups -OCH3 is 1. The molecule has 1 rings (SSSR count). The Kier molecular flexibility index (Phi) is 3.93. The molecular formula is C11H21NO2. The van der Waals surface area contributed by atoms with Gasteiger partial charge in [0, 0.05) is 0 Å². The molecule has 0 saturated carbocycles. The van der Waals surface area contributed by atoms with Crippen LogP contribution in [0.2, 0.25) is 0 Å². The van der Waals surface area contributed by atoms with E-state index >= 15 is 0 Å². The van der Waals surface area contributed by atoms with Crippen molar-refractivity contribution in [1.82, 2.24) is 5.32 Å². The summed E-state index contributed by atoms with van der Waals surface area (Å²) in [7, 11) is 1.49. The molecule has 0 atom stereocenters. The zero-order valence-electron chi connectivity index (χ0n) is 9.43. The minimum atomic E-state index is -0.214. The summed E-state index contributed by atoms with van der Waals surface area (Å²) in [5, 5.41) is 3.28. The predicted octanol–water partition coefficient (Wildman–Crippen LogP) is 1.58. The van der Waals surface area contributed by atoms with E-state index in [-0.39, 0.29) is 11.4 Å². The van der Waals surface area contributed by atoms with E-state index in [1.807, 2.05) is 0 Å². The molecule has 0 spiro atoms. The summed E-state index contributed by atoms with van der Waals surface area (Å²) in [5.41, 5.74) is -0.214. The lowest BCUT2D eigenvalue weighted by atomic mass is 9.73. The van der Waals surface area contributed by atoms with Crippen molar-refractivity contribution in [2.24, 2.45) is 11.3 Å². The first kappa shape index (κ1) is 11.5. The Morgan fingerprint density at radius 1 is 1.43 bits per heavy atom. The highest BCUT2D eigenvalue weighted by Crippen LogP contribution is 2.36. The Hall–Kier alpha value is -0.570. The van der Waals surface area contributed by atoms with Crippen LogP contribution in [0, 0.1) is 11.3 Å². The first-order chi connectivity index (χ1) is 6.60. The zero-order chi connectivity index (χ0) is 10.6. The molecule has 14 heavy (non-hydrogen) atoms. The third-order valence-electron chi connectivity index (χ3n) is 2.98. The lowest BCUT2D eigenvalue weighted by Gasteiger charge is -2.36. The summed E-state index contributed by atoms with van der Waals surface area (Å²) in [6, 6.07) is 0. The van der Waals surface area contributed by atoms with Gasteiger partial charge in [-0.1, -0.05) is 13.8 Å². The Bertz CT molecular complexity index is 195. The van der Waals surface area contributed by atoms with E-state index < -0.39 is 0 Å². The molecular weight excluding hydrogens is 178 g/mol. The summed E-state index contributed by atoms with van der Waals surface area (Å²) in [5.74, 6) is 0.528. The Balaban J connectivity index is 2.71. The fourth-order valence-electron chi connectivity index (χ4n) is 2.39. The minimum absolute atomic E-state index is 0.0206. The topological polar surface area (TPSA) is 38.3 Å². The molecule has 0 aromatic heterocycles. The second kappa shape index (κ2) is 4.78. The van der Waals surface area contributed by atoms with Gasteiger partial charge in [-0.2, -0.15) is 0 Å². The highest BCUT2D eigenvalue weighted by Gasteiger charge is 2.40. The Labute approximate surface area is 86.2 Å². The fraction of sp³-hybridized carbons (Fsp3) is 0.909. The van der Waals surface area contributed by atoms with Crippen LogP contribution < -0.4 is 5.32 Å². The average Bonchev–Trinajstić information content (AvgIpc) is 2.17. The molecule has 1 heterocycles. The van der Waals surface area contributed by atoms with Gasteiger partial charge in [0.15, 0.2) is 0 Å². The van der Waals surface area contributed by atoms with E-state index in [0.717, 1.165) is 32.4 Å². The smallest absolute Gasteiger partial charge is 0.311 e. The van der Waals surface area contributed by atoms with Crippen LogP contribution in [0.4, 0.5) is 0 Å². The first-order valence-electron chi connectivity index (χ1n) is 5.40. The number of piperidine rings is 1. The van der Waals surface area contributed by atoms with E-state index in [1.165, 1.54) is 7.11 Å². The molecule has 0 aromatic rings. The summed E-state index contributed by atoms with van der Waals surface area (Å²) in [6.45, 7) is 6.18. The van der Waals surface area contributed by atoms with Gasteiger partial charge in [0.2, 0.25) is 0 Å². The predicted molar refractivity (Wildman–Crippen MR) is 56.0 cm³/mol. The molecule has 1 N–H and O–H groups in total. The maximum Gasteiger partial charge on any atom is 0.311 e. The number of carbonyl (C=O) groups excluding carboxylic acids is 1. The van der Waals surface area contributed by atoms with Crippen molar-refractivity contribution in [3.63, 3.8) is 0 Å². The van der Waals surface area contributed by atoms with Crippen LogP contribution in [0.15, 0.2) is 0 Å². The number of esters is 1. The fourth-order valence-corrected chi connectivity index (χ4v) is 2.39. The monoisotopic (exact) mass is 199 g/mol. The highest BCUT2D eigenvalue weighted by atomic mass is 16.5. The molecule has 1 fully saturated rings.